The Bertz CT molecular complexity index is 686. The second-order valence-electron chi connectivity index (χ2n) is 4.57. The van der Waals surface area contributed by atoms with Crippen LogP contribution in [0.3, 0.4) is 0 Å². The maximum absolute atomic E-state index is 13.9. The molecule has 0 saturated heterocycles. The van der Waals surface area contributed by atoms with E-state index in [-0.39, 0.29) is 5.82 Å². The minimum atomic E-state index is -0.318. The van der Waals surface area contributed by atoms with Gasteiger partial charge in [-0.3, -0.25) is 9.98 Å². The zero-order valence-corrected chi connectivity index (χ0v) is 12.6. The van der Waals surface area contributed by atoms with Crippen molar-refractivity contribution in [3.63, 3.8) is 0 Å². The van der Waals surface area contributed by atoms with Gasteiger partial charge in [0.2, 0.25) is 0 Å². The lowest BCUT2D eigenvalue weighted by atomic mass is 10.0. The van der Waals surface area contributed by atoms with Crippen molar-refractivity contribution in [2.45, 2.75) is 6.42 Å². The van der Waals surface area contributed by atoms with E-state index < -0.39 is 0 Å². The van der Waals surface area contributed by atoms with Crippen molar-refractivity contribution in [1.82, 2.24) is 5.32 Å². The summed E-state index contributed by atoms with van der Waals surface area (Å²) in [6, 6.07) is 4.97. The first-order valence-corrected chi connectivity index (χ1v) is 6.78. The molecule has 0 amide bonds. The molecule has 0 radical (unpaired) electrons. The third-order valence-electron chi connectivity index (χ3n) is 3.15. The fraction of sp³-hybridized carbons (Fsp3) is 0.188. The minimum absolute atomic E-state index is 0.318. The summed E-state index contributed by atoms with van der Waals surface area (Å²) in [5.41, 5.74) is 2.72. The van der Waals surface area contributed by atoms with Gasteiger partial charge in [0.25, 0.3) is 0 Å². The van der Waals surface area contributed by atoms with Crippen molar-refractivity contribution in [3.05, 3.63) is 53.8 Å². The van der Waals surface area contributed by atoms with Gasteiger partial charge in [0.1, 0.15) is 11.7 Å². The van der Waals surface area contributed by atoms with Gasteiger partial charge in [-0.15, -0.1) is 0 Å². The Morgan fingerprint density at radius 3 is 2.86 bits per heavy atom. The molecule has 0 fully saturated rings. The molecule has 0 saturated carbocycles. The highest BCUT2D eigenvalue weighted by atomic mass is 19.1. The molecule has 5 nitrogen and oxygen atoms in total. The summed E-state index contributed by atoms with van der Waals surface area (Å²) >= 11 is 0. The highest BCUT2D eigenvalue weighted by molar-refractivity contribution is 6.16. The SMILES string of the molecule is C=N/C=C\NC1=CC(c2ccc(NC)c(F)c2)=NC(=NC)C1. The predicted octanol–water partition coefficient (Wildman–Crippen LogP) is 2.73. The number of amidine groups is 1. The van der Waals surface area contributed by atoms with Crippen LogP contribution in [-0.4, -0.2) is 32.4 Å². The molecule has 1 aliphatic rings. The van der Waals surface area contributed by atoms with Crippen LogP contribution < -0.4 is 10.6 Å². The largest absolute Gasteiger partial charge is 0.386 e. The van der Waals surface area contributed by atoms with Crippen LogP contribution in [0.1, 0.15) is 12.0 Å². The fourth-order valence-corrected chi connectivity index (χ4v) is 2.04. The molecule has 1 aromatic rings. The lowest BCUT2D eigenvalue weighted by Gasteiger charge is -2.15. The smallest absolute Gasteiger partial charge is 0.146 e. The van der Waals surface area contributed by atoms with Crippen LogP contribution in [-0.2, 0) is 0 Å². The maximum Gasteiger partial charge on any atom is 0.146 e. The third kappa shape index (κ3) is 3.66. The normalized spacial score (nSPS) is 16.4. The summed E-state index contributed by atoms with van der Waals surface area (Å²) in [5.74, 6) is 0.361. The van der Waals surface area contributed by atoms with Crippen LogP contribution in [0.5, 0.6) is 0 Å². The van der Waals surface area contributed by atoms with Crippen LogP contribution in [0.4, 0.5) is 10.1 Å². The molecule has 2 N–H and O–H groups in total. The number of halogens is 1. The Morgan fingerprint density at radius 1 is 1.41 bits per heavy atom. The van der Waals surface area contributed by atoms with Gasteiger partial charge in [-0.2, -0.15) is 0 Å². The molecular weight excluding hydrogens is 281 g/mol. The van der Waals surface area contributed by atoms with Crippen molar-refractivity contribution in [1.29, 1.82) is 0 Å². The van der Waals surface area contributed by atoms with E-state index in [2.05, 4.69) is 32.3 Å². The van der Waals surface area contributed by atoms with Crippen LogP contribution in [0.15, 0.2) is 57.3 Å². The van der Waals surface area contributed by atoms with Gasteiger partial charge in [-0.05, 0) is 24.9 Å². The fourth-order valence-electron chi connectivity index (χ4n) is 2.04. The molecule has 1 aromatic carbocycles. The van der Waals surface area contributed by atoms with Gasteiger partial charge in [0, 0.05) is 44.2 Å². The van der Waals surface area contributed by atoms with E-state index in [1.807, 2.05) is 12.1 Å². The second kappa shape index (κ2) is 7.31. The number of allylic oxidation sites excluding steroid dienone is 1. The lowest BCUT2D eigenvalue weighted by molar-refractivity contribution is 0.631. The highest BCUT2D eigenvalue weighted by Crippen LogP contribution is 2.19. The Balaban J connectivity index is 2.34. The van der Waals surface area contributed by atoms with Crippen LogP contribution in [0.25, 0.3) is 0 Å². The van der Waals surface area contributed by atoms with E-state index in [0.717, 1.165) is 5.70 Å². The monoisotopic (exact) mass is 299 g/mol. The number of aliphatic imine (C=N–C) groups is 3. The lowest BCUT2D eigenvalue weighted by Crippen LogP contribution is -2.18. The van der Waals surface area contributed by atoms with E-state index in [1.54, 1.807) is 32.6 Å². The van der Waals surface area contributed by atoms with Gasteiger partial charge in [-0.25, -0.2) is 9.38 Å². The Hall–Kier alpha value is -2.76. The van der Waals surface area contributed by atoms with Gasteiger partial charge >= 0.3 is 0 Å². The number of anilines is 1. The molecule has 0 aliphatic carbocycles. The van der Waals surface area contributed by atoms with Gasteiger partial charge in [0.15, 0.2) is 0 Å². The van der Waals surface area contributed by atoms with Crippen molar-refractivity contribution in [2.24, 2.45) is 15.0 Å². The molecule has 2 rings (SSSR count). The summed E-state index contributed by atoms with van der Waals surface area (Å²) in [6.45, 7) is 3.37. The number of benzene rings is 1. The van der Waals surface area contributed by atoms with Crippen molar-refractivity contribution in [2.75, 3.05) is 19.4 Å². The van der Waals surface area contributed by atoms with Gasteiger partial charge in [-0.1, -0.05) is 6.07 Å². The number of hydrogen-bond acceptors (Lipinski definition) is 4. The Kier molecular flexibility index (Phi) is 5.19. The van der Waals surface area contributed by atoms with E-state index in [1.165, 1.54) is 6.07 Å². The molecule has 1 heterocycles. The summed E-state index contributed by atoms with van der Waals surface area (Å²) in [6.07, 6.45) is 5.69. The predicted molar refractivity (Wildman–Crippen MR) is 90.4 cm³/mol. The van der Waals surface area contributed by atoms with Crippen molar-refractivity contribution in [3.8, 4) is 0 Å². The molecule has 22 heavy (non-hydrogen) atoms. The summed E-state index contributed by atoms with van der Waals surface area (Å²) in [7, 11) is 3.37. The molecule has 0 unspecified atom stereocenters. The second-order valence-corrected chi connectivity index (χ2v) is 4.57. The van der Waals surface area contributed by atoms with Crippen molar-refractivity contribution < 1.29 is 4.39 Å². The molecule has 0 bridgehead atoms. The van der Waals surface area contributed by atoms with Crippen LogP contribution in [0.2, 0.25) is 0 Å². The highest BCUT2D eigenvalue weighted by Gasteiger charge is 2.14. The quantitative estimate of drug-likeness (QED) is 0.821. The zero-order chi connectivity index (χ0) is 15.9. The molecule has 0 atom stereocenters. The number of dihydropyridines is 1. The van der Waals surface area contributed by atoms with Gasteiger partial charge in [0.05, 0.1) is 11.4 Å². The Labute approximate surface area is 129 Å². The average molecular weight is 299 g/mol. The molecule has 0 aromatic heterocycles. The average Bonchev–Trinajstić information content (AvgIpc) is 2.54. The standard InChI is InChI=1S/C16H18FN5/c1-18-6-7-21-12-9-15(22-16(10-12)20-3)11-4-5-14(19-2)13(17)8-11/h4-9,19,21H,1,10H2,2-3H3/b7-6-,20-16?. The van der Waals surface area contributed by atoms with E-state index in [9.17, 15) is 4.39 Å². The topological polar surface area (TPSA) is 61.1 Å². The summed E-state index contributed by atoms with van der Waals surface area (Å²) in [5, 5.41) is 5.90. The first-order chi connectivity index (χ1) is 10.7. The van der Waals surface area contributed by atoms with E-state index >= 15 is 0 Å². The molecule has 114 valence electrons. The third-order valence-corrected chi connectivity index (χ3v) is 3.15. The van der Waals surface area contributed by atoms with E-state index in [0.29, 0.717) is 29.2 Å². The number of nitrogens with zero attached hydrogens (tertiary/aromatic N) is 3. The van der Waals surface area contributed by atoms with Crippen molar-refractivity contribution >= 4 is 24.0 Å². The number of rotatable bonds is 5. The minimum Gasteiger partial charge on any atom is -0.386 e. The first-order valence-electron chi connectivity index (χ1n) is 6.78. The maximum atomic E-state index is 13.9. The zero-order valence-electron chi connectivity index (χ0n) is 12.6. The van der Waals surface area contributed by atoms with Gasteiger partial charge < -0.3 is 10.6 Å². The Morgan fingerprint density at radius 2 is 2.23 bits per heavy atom. The summed E-state index contributed by atoms with van der Waals surface area (Å²) in [4.78, 5) is 12.2. The summed E-state index contributed by atoms with van der Waals surface area (Å²) < 4.78 is 13.9. The first kappa shape index (κ1) is 15.6. The molecule has 6 heteroatoms. The molecule has 1 aliphatic heterocycles. The number of nitrogens with one attached hydrogen (secondary N) is 2. The number of hydrogen-bond donors (Lipinski definition) is 2. The van der Waals surface area contributed by atoms with E-state index in [4.69, 9.17) is 0 Å². The van der Waals surface area contributed by atoms with Crippen LogP contribution in [0, 0.1) is 5.82 Å². The molecular formula is C16H18FN5. The van der Waals surface area contributed by atoms with Crippen LogP contribution >= 0.6 is 0 Å². The molecule has 0 spiro atoms.